The minimum atomic E-state index is -0.741. The molecule has 0 bridgehead atoms. The number of likely N-dealkylation sites (tertiary alicyclic amines) is 1. The van der Waals surface area contributed by atoms with Crippen molar-refractivity contribution in [3.8, 4) is 5.75 Å². The molecule has 164 valence electrons. The number of aliphatic hydroxyl groups is 1. The van der Waals surface area contributed by atoms with Crippen molar-refractivity contribution in [1.29, 1.82) is 0 Å². The highest BCUT2D eigenvalue weighted by molar-refractivity contribution is 7.10. The third kappa shape index (κ3) is 4.03. The van der Waals surface area contributed by atoms with E-state index in [4.69, 9.17) is 4.74 Å². The second-order valence-electron chi connectivity index (χ2n) is 7.48. The van der Waals surface area contributed by atoms with Gasteiger partial charge in [-0.15, -0.1) is 11.3 Å². The predicted octanol–water partition coefficient (Wildman–Crippen LogP) is 5.22. The highest BCUT2D eigenvalue weighted by Crippen LogP contribution is 2.42. The van der Waals surface area contributed by atoms with E-state index in [1.54, 1.807) is 30.3 Å². The largest absolute Gasteiger partial charge is 0.507 e. The van der Waals surface area contributed by atoms with Crippen LogP contribution in [0.25, 0.3) is 5.76 Å². The minimum Gasteiger partial charge on any atom is -0.507 e. The first-order chi connectivity index (χ1) is 15.4. The van der Waals surface area contributed by atoms with Crippen LogP contribution in [0.4, 0.5) is 4.39 Å². The maximum absolute atomic E-state index is 13.3. The number of Topliss-reactive ketones (excluding diaryl/α,β-unsaturated/α-hetero) is 1. The van der Waals surface area contributed by atoms with Gasteiger partial charge in [0.05, 0.1) is 18.2 Å². The molecule has 2 heterocycles. The number of benzene rings is 2. The van der Waals surface area contributed by atoms with Crippen molar-refractivity contribution in [1.82, 2.24) is 4.90 Å². The molecular weight excluding hydrogens is 429 g/mol. The number of aliphatic hydroxyl groups excluding tert-OH is 1. The molecule has 0 saturated carbocycles. The average molecular weight is 452 g/mol. The van der Waals surface area contributed by atoms with E-state index in [0.717, 1.165) is 10.4 Å². The lowest BCUT2D eigenvalue weighted by atomic mass is 9.98. The normalized spacial score (nSPS) is 17.7. The number of carbonyl (C=O) groups excluding carboxylic acids is 2. The van der Waals surface area contributed by atoms with Crippen LogP contribution in [-0.4, -0.2) is 28.3 Å². The Labute approximate surface area is 189 Å². The van der Waals surface area contributed by atoms with Gasteiger partial charge < -0.3 is 14.7 Å². The van der Waals surface area contributed by atoms with Gasteiger partial charge in [-0.25, -0.2) is 4.39 Å². The average Bonchev–Trinajstić information content (AvgIpc) is 3.39. The summed E-state index contributed by atoms with van der Waals surface area (Å²) in [5.74, 6) is -1.35. The summed E-state index contributed by atoms with van der Waals surface area (Å²) in [5, 5.41) is 13.0. The van der Waals surface area contributed by atoms with Crippen molar-refractivity contribution in [3.63, 3.8) is 0 Å². The molecule has 3 aromatic rings. The van der Waals surface area contributed by atoms with Gasteiger partial charge in [0.2, 0.25) is 0 Å². The molecule has 4 rings (SSSR count). The quantitative estimate of drug-likeness (QED) is 0.317. The number of ketones is 1. The molecule has 5 nitrogen and oxygen atoms in total. The molecule has 1 N–H and O–H groups in total. The number of halogens is 1. The molecule has 0 aliphatic carbocycles. The number of thiophene rings is 1. The van der Waals surface area contributed by atoms with Crippen LogP contribution in [0.15, 0.2) is 65.6 Å². The molecule has 1 aromatic heterocycles. The summed E-state index contributed by atoms with van der Waals surface area (Å²) < 4.78 is 18.9. The van der Waals surface area contributed by atoms with Crippen LogP contribution in [0.2, 0.25) is 0 Å². The van der Waals surface area contributed by atoms with Crippen molar-refractivity contribution in [2.45, 2.75) is 26.4 Å². The lowest BCUT2D eigenvalue weighted by molar-refractivity contribution is -0.140. The number of hydrogen-bond acceptors (Lipinski definition) is 5. The second-order valence-corrected chi connectivity index (χ2v) is 8.46. The van der Waals surface area contributed by atoms with Gasteiger partial charge in [0.15, 0.2) is 0 Å². The van der Waals surface area contributed by atoms with E-state index in [1.807, 2.05) is 31.4 Å². The van der Waals surface area contributed by atoms with E-state index in [1.165, 1.54) is 28.4 Å². The summed E-state index contributed by atoms with van der Waals surface area (Å²) in [6, 6.07) is 13.9. The molecule has 1 atom stereocenters. The van der Waals surface area contributed by atoms with E-state index >= 15 is 0 Å². The molecule has 1 fully saturated rings. The lowest BCUT2D eigenvalue weighted by Crippen LogP contribution is -2.28. The zero-order valence-corrected chi connectivity index (χ0v) is 18.5. The van der Waals surface area contributed by atoms with Crippen LogP contribution < -0.4 is 4.74 Å². The molecule has 0 spiro atoms. The number of amides is 1. The van der Waals surface area contributed by atoms with Gasteiger partial charge in [0.25, 0.3) is 11.7 Å². The Morgan fingerprint density at radius 3 is 2.53 bits per heavy atom. The van der Waals surface area contributed by atoms with Gasteiger partial charge in [-0.3, -0.25) is 9.59 Å². The Morgan fingerprint density at radius 2 is 1.91 bits per heavy atom. The van der Waals surface area contributed by atoms with Gasteiger partial charge in [0.1, 0.15) is 17.3 Å². The standard InChI is InChI=1S/C25H22FNO4S/c1-3-31-19-11-8-17(13-15(19)2)23(28)21-22(20-5-4-12-32-20)27(25(30)24(21)29)14-16-6-9-18(26)10-7-16/h4-13,22,28H,3,14H2,1-2H3/b23-21-. The summed E-state index contributed by atoms with van der Waals surface area (Å²) in [6.45, 7) is 4.37. The van der Waals surface area contributed by atoms with E-state index in [0.29, 0.717) is 23.5 Å². The van der Waals surface area contributed by atoms with Crippen LogP contribution in [-0.2, 0) is 16.1 Å². The topological polar surface area (TPSA) is 66.8 Å². The van der Waals surface area contributed by atoms with Crippen LogP contribution in [0, 0.1) is 12.7 Å². The first kappa shape index (κ1) is 21.8. The molecular formula is C25H22FNO4S. The molecule has 1 amide bonds. The SMILES string of the molecule is CCOc1ccc(/C(O)=C2/C(=O)C(=O)N(Cc3ccc(F)cc3)C2c2cccs2)cc1C. The fourth-order valence-corrected chi connectivity index (χ4v) is 4.69. The number of rotatable bonds is 6. The first-order valence-electron chi connectivity index (χ1n) is 10.2. The van der Waals surface area contributed by atoms with Crippen LogP contribution >= 0.6 is 11.3 Å². The van der Waals surface area contributed by atoms with Crippen molar-refractivity contribution >= 4 is 28.8 Å². The lowest BCUT2D eigenvalue weighted by Gasteiger charge is -2.24. The van der Waals surface area contributed by atoms with Crippen molar-refractivity contribution in [3.05, 3.63) is 92.9 Å². The van der Waals surface area contributed by atoms with E-state index < -0.39 is 17.7 Å². The van der Waals surface area contributed by atoms with Crippen LogP contribution in [0.3, 0.4) is 0 Å². The Kier molecular flexibility index (Phi) is 6.10. The molecule has 32 heavy (non-hydrogen) atoms. The fourth-order valence-electron chi connectivity index (χ4n) is 3.84. The van der Waals surface area contributed by atoms with Gasteiger partial charge in [-0.05, 0) is 66.8 Å². The molecule has 7 heteroatoms. The highest BCUT2D eigenvalue weighted by atomic mass is 32.1. The first-order valence-corrected chi connectivity index (χ1v) is 11.1. The maximum atomic E-state index is 13.3. The molecule has 2 aromatic carbocycles. The molecule has 0 radical (unpaired) electrons. The summed E-state index contributed by atoms with van der Waals surface area (Å²) in [7, 11) is 0. The maximum Gasteiger partial charge on any atom is 0.295 e. The molecule has 1 aliphatic heterocycles. The van der Waals surface area contributed by atoms with Gasteiger partial charge in [-0.2, -0.15) is 0 Å². The number of ether oxygens (including phenoxy) is 1. The van der Waals surface area contributed by atoms with Crippen molar-refractivity contribution in [2.24, 2.45) is 0 Å². The van der Waals surface area contributed by atoms with Crippen LogP contribution in [0.5, 0.6) is 5.75 Å². The minimum absolute atomic E-state index is 0.0446. The van der Waals surface area contributed by atoms with Gasteiger partial charge in [-0.1, -0.05) is 18.2 Å². The summed E-state index contributed by atoms with van der Waals surface area (Å²) in [4.78, 5) is 28.2. The molecule has 1 aliphatic rings. The fraction of sp³-hybridized carbons (Fsp3) is 0.200. The third-order valence-electron chi connectivity index (χ3n) is 5.37. The highest BCUT2D eigenvalue weighted by Gasteiger charge is 2.46. The van der Waals surface area contributed by atoms with Crippen LogP contribution in [0.1, 0.15) is 34.5 Å². The Bertz CT molecular complexity index is 1190. The summed E-state index contributed by atoms with van der Waals surface area (Å²) >= 11 is 1.40. The number of carbonyl (C=O) groups is 2. The third-order valence-corrected chi connectivity index (χ3v) is 6.29. The Balaban J connectivity index is 1.79. The number of nitrogens with zero attached hydrogens (tertiary/aromatic N) is 1. The van der Waals surface area contributed by atoms with Gasteiger partial charge >= 0.3 is 0 Å². The monoisotopic (exact) mass is 451 g/mol. The number of hydrogen-bond donors (Lipinski definition) is 1. The second kappa shape index (κ2) is 8.96. The number of aryl methyl sites for hydroxylation is 1. The molecule has 1 saturated heterocycles. The van der Waals surface area contributed by atoms with E-state index in [-0.39, 0.29) is 23.7 Å². The molecule has 1 unspecified atom stereocenters. The van der Waals surface area contributed by atoms with Crippen molar-refractivity contribution in [2.75, 3.05) is 6.61 Å². The Hall–Kier alpha value is -3.45. The summed E-state index contributed by atoms with van der Waals surface area (Å²) in [5.41, 5.74) is 1.98. The predicted molar refractivity (Wildman–Crippen MR) is 121 cm³/mol. The van der Waals surface area contributed by atoms with Gasteiger partial charge in [0, 0.05) is 17.0 Å². The summed E-state index contributed by atoms with van der Waals surface area (Å²) in [6.07, 6.45) is 0. The van der Waals surface area contributed by atoms with Crippen molar-refractivity contribution < 1.29 is 23.8 Å². The van der Waals surface area contributed by atoms with E-state index in [2.05, 4.69) is 0 Å². The zero-order valence-electron chi connectivity index (χ0n) is 17.7. The smallest absolute Gasteiger partial charge is 0.295 e. The zero-order chi connectivity index (χ0) is 22.8. The van der Waals surface area contributed by atoms with E-state index in [9.17, 15) is 19.1 Å². The Morgan fingerprint density at radius 1 is 1.16 bits per heavy atom.